The van der Waals surface area contributed by atoms with Crippen LogP contribution in [-0.4, -0.2) is 12.3 Å². The third-order valence-electron chi connectivity index (χ3n) is 17.6. The fraction of sp³-hybridized carbons (Fsp3) is 0.344. The second kappa shape index (κ2) is 14.1. The number of benzene rings is 7. The van der Waals surface area contributed by atoms with E-state index in [2.05, 4.69) is 244 Å². The second-order valence-electron chi connectivity index (χ2n) is 25.1. The molecule has 4 aliphatic heterocycles. The standard InChI is InChI=1S/C64H68BN3/c1-59(2,3)40-20-18-21-44(34-40)66-54-36-42(61(7,8)9)26-29-50(54)65-51-30-27-43-37-55(51)67(52-31-28-41(60(4,5)6)35-47(52)46-22-14-15-23-48(46)62(43,10)11)57-39-45(38-56(66)58(57)65)68-53-25-17-16-24-49(53)63(12)32-19-33-64(63,68)13/h14-18,20-31,34-39H,19,32-33H2,1-13H3. The minimum Gasteiger partial charge on any atom is -0.334 e. The van der Waals surface area contributed by atoms with Crippen LogP contribution in [0.2, 0.25) is 0 Å². The summed E-state index contributed by atoms with van der Waals surface area (Å²) in [6.07, 6.45) is 3.54. The molecule has 0 radical (unpaired) electrons. The van der Waals surface area contributed by atoms with Crippen molar-refractivity contribution in [3.63, 3.8) is 0 Å². The molecule has 0 saturated heterocycles. The first-order chi connectivity index (χ1) is 32.1. The maximum atomic E-state index is 2.79. The summed E-state index contributed by atoms with van der Waals surface area (Å²) < 4.78 is 0. The van der Waals surface area contributed by atoms with Crippen molar-refractivity contribution in [2.75, 3.05) is 14.7 Å². The number of para-hydroxylation sites is 1. The number of anilines is 8. The molecule has 2 bridgehead atoms. The average Bonchev–Trinajstić information content (AvgIpc) is 3.71. The maximum Gasteiger partial charge on any atom is 0.252 e. The van der Waals surface area contributed by atoms with E-state index in [1.807, 2.05) is 0 Å². The zero-order valence-corrected chi connectivity index (χ0v) is 42.8. The van der Waals surface area contributed by atoms with Crippen molar-refractivity contribution in [2.24, 2.45) is 0 Å². The van der Waals surface area contributed by atoms with E-state index in [0.29, 0.717) is 0 Å². The molecule has 2 atom stereocenters. The molecule has 12 rings (SSSR count). The lowest BCUT2D eigenvalue weighted by atomic mass is 9.33. The Kier molecular flexibility index (Phi) is 8.95. The van der Waals surface area contributed by atoms with Gasteiger partial charge in [-0.25, -0.2) is 0 Å². The van der Waals surface area contributed by atoms with Gasteiger partial charge < -0.3 is 14.7 Å². The monoisotopic (exact) mass is 890 g/mol. The van der Waals surface area contributed by atoms with Crippen LogP contribution in [0.4, 0.5) is 45.5 Å². The molecule has 342 valence electrons. The van der Waals surface area contributed by atoms with Gasteiger partial charge in [-0.05, 0) is 146 Å². The molecule has 7 aromatic rings. The first kappa shape index (κ1) is 43.3. The van der Waals surface area contributed by atoms with Crippen LogP contribution < -0.4 is 31.1 Å². The van der Waals surface area contributed by atoms with Gasteiger partial charge in [-0.15, -0.1) is 0 Å². The fourth-order valence-electron chi connectivity index (χ4n) is 13.4. The molecule has 1 fully saturated rings. The van der Waals surface area contributed by atoms with Crippen LogP contribution in [-0.2, 0) is 27.1 Å². The summed E-state index contributed by atoms with van der Waals surface area (Å²) in [6, 6.07) is 55.6. The number of hydrogen-bond donors (Lipinski definition) is 0. The SMILES string of the molecule is CC(C)(C)c1cccc(N2c3cc(C(C)(C)C)ccc3B3c4ccc5cc4N(c4ccc(C(C)(C)C)cc4-c4ccccc4C5(C)C)c4cc(N5c6ccccc6C6(C)CCCC56C)cc2c43)c1. The van der Waals surface area contributed by atoms with Crippen molar-refractivity contribution in [2.45, 2.75) is 142 Å². The van der Waals surface area contributed by atoms with Crippen LogP contribution >= 0.6 is 0 Å². The van der Waals surface area contributed by atoms with Gasteiger partial charge in [0.2, 0.25) is 0 Å². The summed E-state index contributed by atoms with van der Waals surface area (Å²) in [7, 11) is 0. The molecule has 4 heterocycles. The molecule has 0 amide bonds. The van der Waals surface area contributed by atoms with Gasteiger partial charge in [0.25, 0.3) is 6.71 Å². The Labute approximate surface area is 407 Å². The van der Waals surface area contributed by atoms with Crippen LogP contribution in [0.5, 0.6) is 0 Å². The van der Waals surface area contributed by atoms with Crippen LogP contribution in [0.1, 0.15) is 143 Å². The largest absolute Gasteiger partial charge is 0.334 e. The molecule has 1 aliphatic carbocycles. The minimum absolute atomic E-state index is 0.0159. The average molecular weight is 890 g/mol. The van der Waals surface area contributed by atoms with Crippen molar-refractivity contribution in [3.05, 3.63) is 173 Å². The molecule has 0 aromatic heterocycles. The van der Waals surface area contributed by atoms with Crippen molar-refractivity contribution < 1.29 is 0 Å². The normalized spacial score (nSPS) is 20.7. The van der Waals surface area contributed by atoms with Gasteiger partial charge in [0.05, 0.1) is 11.2 Å². The molecule has 1 saturated carbocycles. The van der Waals surface area contributed by atoms with Gasteiger partial charge in [0.15, 0.2) is 0 Å². The van der Waals surface area contributed by atoms with E-state index >= 15 is 0 Å². The Morgan fingerprint density at radius 2 is 1.04 bits per heavy atom. The van der Waals surface area contributed by atoms with E-state index in [1.165, 1.54) is 119 Å². The van der Waals surface area contributed by atoms with Gasteiger partial charge in [-0.2, -0.15) is 0 Å². The summed E-state index contributed by atoms with van der Waals surface area (Å²) in [4.78, 5) is 8.15. The van der Waals surface area contributed by atoms with Gasteiger partial charge in [0, 0.05) is 56.2 Å². The highest BCUT2D eigenvalue weighted by atomic mass is 15.3. The summed E-state index contributed by atoms with van der Waals surface area (Å²) in [6.45, 7) is 31.1. The van der Waals surface area contributed by atoms with E-state index in [4.69, 9.17) is 0 Å². The van der Waals surface area contributed by atoms with Gasteiger partial charge in [-0.1, -0.05) is 174 Å². The molecule has 5 aliphatic rings. The third kappa shape index (κ3) is 5.91. The topological polar surface area (TPSA) is 9.72 Å². The van der Waals surface area contributed by atoms with Gasteiger partial charge >= 0.3 is 0 Å². The predicted octanol–water partition coefficient (Wildman–Crippen LogP) is 15.3. The van der Waals surface area contributed by atoms with E-state index < -0.39 is 0 Å². The number of nitrogens with zero attached hydrogens (tertiary/aromatic N) is 3. The Bertz CT molecular complexity index is 3260. The Hall–Kier alpha value is -6.00. The first-order valence-corrected chi connectivity index (χ1v) is 25.4. The summed E-state index contributed by atoms with van der Waals surface area (Å²) in [5.74, 6) is 0. The fourth-order valence-corrected chi connectivity index (χ4v) is 13.4. The molecule has 3 nitrogen and oxygen atoms in total. The minimum atomic E-state index is -0.258. The number of rotatable bonds is 2. The second-order valence-corrected chi connectivity index (χ2v) is 25.1. The van der Waals surface area contributed by atoms with Crippen molar-refractivity contribution in [3.8, 4) is 11.1 Å². The van der Waals surface area contributed by atoms with Crippen LogP contribution in [0.25, 0.3) is 11.1 Å². The van der Waals surface area contributed by atoms with Crippen LogP contribution in [0, 0.1) is 0 Å². The van der Waals surface area contributed by atoms with Gasteiger partial charge in [0.1, 0.15) is 0 Å². The van der Waals surface area contributed by atoms with E-state index in [1.54, 1.807) is 0 Å². The molecular formula is C64H68BN3. The molecule has 0 N–H and O–H groups in total. The van der Waals surface area contributed by atoms with Crippen LogP contribution in [0.15, 0.2) is 140 Å². The molecular weight excluding hydrogens is 822 g/mol. The van der Waals surface area contributed by atoms with Crippen molar-refractivity contribution >= 4 is 68.6 Å². The lowest BCUT2D eigenvalue weighted by Gasteiger charge is -2.47. The summed E-state index contributed by atoms with van der Waals surface area (Å²) in [5.41, 5.74) is 24.6. The Morgan fingerprint density at radius 3 is 1.76 bits per heavy atom. The Balaban J connectivity index is 1.25. The highest BCUT2D eigenvalue weighted by Crippen LogP contribution is 2.63. The zero-order valence-electron chi connectivity index (χ0n) is 42.8. The summed E-state index contributed by atoms with van der Waals surface area (Å²) in [5, 5.41) is 0. The zero-order chi connectivity index (χ0) is 47.7. The highest BCUT2D eigenvalue weighted by Gasteiger charge is 2.60. The van der Waals surface area contributed by atoms with E-state index in [0.717, 1.165) is 6.42 Å². The van der Waals surface area contributed by atoms with Crippen molar-refractivity contribution in [1.82, 2.24) is 0 Å². The number of fused-ring (bicyclic) bond motifs is 12. The molecule has 4 heteroatoms. The van der Waals surface area contributed by atoms with Gasteiger partial charge in [-0.3, -0.25) is 0 Å². The van der Waals surface area contributed by atoms with E-state index in [-0.39, 0.29) is 39.3 Å². The maximum absolute atomic E-state index is 2.79. The smallest absolute Gasteiger partial charge is 0.252 e. The lowest BCUT2D eigenvalue weighted by molar-refractivity contribution is 0.330. The lowest BCUT2D eigenvalue weighted by Crippen LogP contribution is -2.61. The summed E-state index contributed by atoms with van der Waals surface area (Å²) >= 11 is 0. The first-order valence-electron chi connectivity index (χ1n) is 25.4. The molecule has 0 spiro atoms. The molecule has 68 heavy (non-hydrogen) atoms. The predicted molar refractivity (Wildman–Crippen MR) is 292 cm³/mol. The number of hydrogen-bond acceptors (Lipinski definition) is 3. The highest BCUT2D eigenvalue weighted by molar-refractivity contribution is 7.00. The third-order valence-corrected chi connectivity index (χ3v) is 17.6. The molecule has 2 unspecified atom stereocenters. The Morgan fingerprint density at radius 1 is 0.441 bits per heavy atom. The van der Waals surface area contributed by atoms with Crippen molar-refractivity contribution in [1.29, 1.82) is 0 Å². The quantitative estimate of drug-likeness (QED) is 0.160. The van der Waals surface area contributed by atoms with Crippen LogP contribution in [0.3, 0.4) is 0 Å². The van der Waals surface area contributed by atoms with E-state index in [9.17, 15) is 0 Å². The molecule has 7 aromatic carbocycles.